The zero-order valence-electron chi connectivity index (χ0n) is 17.6. The summed E-state index contributed by atoms with van der Waals surface area (Å²) >= 11 is 0. The number of ketones is 2. The summed E-state index contributed by atoms with van der Waals surface area (Å²) < 4.78 is 5.94. The number of fused-ring (bicyclic) bond motifs is 7. The van der Waals surface area contributed by atoms with Gasteiger partial charge < -0.3 is 9.84 Å². The van der Waals surface area contributed by atoms with Crippen molar-refractivity contribution in [3.63, 3.8) is 0 Å². The second-order valence-electron chi connectivity index (χ2n) is 11.5. The van der Waals surface area contributed by atoms with Crippen molar-refractivity contribution < 1.29 is 24.2 Å². The molecule has 0 radical (unpaired) electrons. The average Bonchev–Trinajstić information content (AvgIpc) is 3.31. The second-order valence-corrected chi connectivity index (χ2v) is 11.5. The predicted octanol–water partition coefficient (Wildman–Crippen LogP) is 2.57. The highest BCUT2D eigenvalue weighted by Crippen LogP contribution is 2.76. The third-order valence-corrected chi connectivity index (χ3v) is 11.0. The number of carbonyl (C=O) groups excluding carboxylic acids is 3. The molecule has 1 saturated heterocycles. The minimum atomic E-state index is -0.976. The molecule has 30 heavy (non-hydrogen) atoms. The Morgan fingerprint density at radius 3 is 2.50 bits per heavy atom. The van der Waals surface area contributed by atoms with E-state index in [-0.39, 0.29) is 46.6 Å². The summed E-state index contributed by atoms with van der Waals surface area (Å²) in [6.07, 6.45) is 3.95. The zero-order valence-corrected chi connectivity index (χ0v) is 17.6. The molecule has 10 atom stereocenters. The molecule has 1 N–H and O–H groups in total. The highest BCUT2D eigenvalue weighted by molar-refractivity contribution is 6.07. The second kappa shape index (κ2) is 5.35. The summed E-state index contributed by atoms with van der Waals surface area (Å²) in [5.74, 6) is -1.52. The van der Waals surface area contributed by atoms with Crippen molar-refractivity contribution in [3.8, 4) is 6.07 Å². The maximum Gasteiger partial charge on any atom is 0.306 e. The number of aliphatic hydroxyl groups is 1. The smallest absolute Gasteiger partial charge is 0.306 e. The Morgan fingerprint density at radius 2 is 1.83 bits per heavy atom. The van der Waals surface area contributed by atoms with Gasteiger partial charge in [-0.2, -0.15) is 5.26 Å². The molecule has 1 spiro atoms. The van der Waals surface area contributed by atoms with E-state index in [0.717, 1.165) is 12.8 Å². The van der Waals surface area contributed by atoms with E-state index >= 15 is 0 Å². The van der Waals surface area contributed by atoms with Crippen LogP contribution in [-0.4, -0.2) is 34.3 Å². The van der Waals surface area contributed by atoms with E-state index in [1.807, 2.05) is 0 Å². The summed E-state index contributed by atoms with van der Waals surface area (Å²) in [5.41, 5.74) is -2.44. The Morgan fingerprint density at radius 1 is 1.07 bits per heavy atom. The maximum absolute atomic E-state index is 13.6. The summed E-state index contributed by atoms with van der Waals surface area (Å²) in [5, 5.41) is 21.9. The Balaban J connectivity index is 1.52. The van der Waals surface area contributed by atoms with Crippen LogP contribution in [0.5, 0.6) is 0 Å². The Labute approximate surface area is 176 Å². The Kier molecular flexibility index (Phi) is 3.39. The monoisotopic (exact) mass is 411 g/mol. The Bertz CT molecular complexity index is 938. The zero-order chi connectivity index (χ0) is 21.3. The molecule has 6 aliphatic rings. The van der Waals surface area contributed by atoms with Gasteiger partial charge in [-0.15, -0.1) is 0 Å². The van der Waals surface area contributed by atoms with Gasteiger partial charge in [0, 0.05) is 24.2 Å². The van der Waals surface area contributed by atoms with E-state index in [1.54, 1.807) is 0 Å². The van der Waals surface area contributed by atoms with E-state index in [1.165, 1.54) is 0 Å². The van der Waals surface area contributed by atoms with Crippen molar-refractivity contribution in [2.24, 2.45) is 45.8 Å². The lowest BCUT2D eigenvalue weighted by Crippen LogP contribution is -2.65. The average molecular weight is 411 g/mol. The maximum atomic E-state index is 13.6. The first-order valence-electron chi connectivity index (χ1n) is 11.5. The number of hydrogen-bond acceptors (Lipinski definition) is 6. The van der Waals surface area contributed by atoms with Crippen molar-refractivity contribution in [1.29, 1.82) is 5.26 Å². The first-order valence-corrected chi connectivity index (χ1v) is 11.5. The lowest BCUT2D eigenvalue weighted by molar-refractivity contribution is -0.213. The fraction of sp³-hybridized carbons (Fsp3) is 0.833. The third-order valence-electron chi connectivity index (χ3n) is 11.0. The van der Waals surface area contributed by atoms with Crippen molar-refractivity contribution in [1.82, 2.24) is 0 Å². The number of nitriles is 1. The standard InChI is InChI=1S/C24H29NO5/c1-21-6-4-14(26)19-20(29)12(9-23(19,21)11-25)17-13-3-7-24(8-5-16(28)30-24)22(13,2)10-15(27)18(17)21/h12-13,15,17-19,27H,3-10H2,1-2H3/t12-,13?,15?,17?,18?,19?,21-,22+,23?,24-/m1/s1. The molecular weight excluding hydrogens is 382 g/mol. The number of ether oxygens (including phenoxy) is 1. The van der Waals surface area contributed by atoms with Crippen LogP contribution < -0.4 is 0 Å². The summed E-state index contributed by atoms with van der Waals surface area (Å²) in [7, 11) is 0. The molecule has 160 valence electrons. The molecule has 2 bridgehead atoms. The number of hydrogen-bond donors (Lipinski definition) is 1. The molecule has 5 aliphatic carbocycles. The van der Waals surface area contributed by atoms with Crippen LogP contribution in [0.3, 0.4) is 0 Å². The van der Waals surface area contributed by atoms with Gasteiger partial charge in [0.15, 0.2) is 0 Å². The molecule has 0 amide bonds. The molecule has 6 nitrogen and oxygen atoms in total. The number of rotatable bonds is 0. The molecule has 1 heterocycles. The van der Waals surface area contributed by atoms with Gasteiger partial charge in [0.1, 0.15) is 17.2 Å². The Hall–Kier alpha value is -1.74. The van der Waals surface area contributed by atoms with Gasteiger partial charge in [0.25, 0.3) is 0 Å². The van der Waals surface area contributed by atoms with Gasteiger partial charge in [-0.05, 0) is 61.7 Å². The quantitative estimate of drug-likeness (QED) is 0.485. The molecule has 0 aromatic carbocycles. The van der Waals surface area contributed by atoms with Crippen LogP contribution in [-0.2, 0) is 19.1 Å². The summed E-state index contributed by atoms with van der Waals surface area (Å²) in [6.45, 7) is 4.21. The third kappa shape index (κ3) is 1.74. The number of esters is 1. The predicted molar refractivity (Wildman–Crippen MR) is 103 cm³/mol. The summed E-state index contributed by atoms with van der Waals surface area (Å²) in [6, 6.07) is 2.47. The van der Waals surface area contributed by atoms with Gasteiger partial charge in [-0.3, -0.25) is 14.4 Å². The van der Waals surface area contributed by atoms with E-state index in [4.69, 9.17) is 4.74 Å². The van der Waals surface area contributed by atoms with E-state index in [0.29, 0.717) is 38.5 Å². The molecule has 6 fully saturated rings. The van der Waals surface area contributed by atoms with Crippen LogP contribution in [0.4, 0.5) is 0 Å². The number of Topliss-reactive ketones (excluding diaryl/α,β-unsaturated/α-hetero) is 2. The minimum Gasteiger partial charge on any atom is -0.458 e. The number of nitrogens with zero attached hydrogens (tertiary/aromatic N) is 1. The van der Waals surface area contributed by atoms with Crippen molar-refractivity contribution in [3.05, 3.63) is 0 Å². The van der Waals surface area contributed by atoms with Gasteiger partial charge in [0.2, 0.25) is 0 Å². The molecule has 6 unspecified atom stereocenters. The van der Waals surface area contributed by atoms with Crippen LogP contribution in [0, 0.1) is 57.2 Å². The molecule has 5 saturated carbocycles. The van der Waals surface area contributed by atoms with Crippen LogP contribution in [0.25, 0.3) is 0 Å². The topological polar surface area (TPSA) is 104 Å². The van der Waals surface area contributed by atoms with E-state index < -0.39 is 28.5 Å². The van der Waals surface area contributed by atoms with Crippen molar-refractivity contribution in [2.45, 2.75) is 76.9 Å². The normalized spacial score (nSPS) is 58.4. The molecule has 6 heteroatoms. The van der Waals surface area contributed by atoms with Crippen LogP contribution in [0.15, 0.2) is 0 Å². The lowest BCUT2D eigenvalue weighted by atomic mass is 9.39. The van der Waals surface area contributed by atoms with Crippen LogP contribution >= 0.6 is 0 Å². The first-order chi connectivity index (χ1) is 14.1. The lowest BCUT2D eigenvalue weighted by Gasteiger charge is -2.64. The van der Waals surface area contributed by atoms with Crippen molar-refractivity contribution >= 4 is 17.5 Å². The fourth-order valence-corrected chi connectivity index (χ4v) is 9.73. The first kappa shape index (κ1) is 19.0. The van der Waals surface area contributed by atoms with E-state index in [2.05, 4.69) is 19.9 Å². The van der Waals surface area contributed by atoms with Crippen molar-refractivity contribution in [2.75, 3.05) is 0 Å². The fourth-order valence-electron chi connectivity index (χ4n) is 9.73. The summed E-state index contributed by atoms with van der Waals surface area (Å²) in [4.78, 5) is 38.5. The highest BCUT2D eigenvalue weighted by atomic mass is 16.6. The number of aliphatic hydroxyl groups excluding tert-OH is 1. The van der Waals surface area contributed by atoms with Gasteiger partial charge in [-0.25, -0.2) is 0 Å². The van der Waals surface area contributed by atoms with Gasteiger partial charge >= 0.3 is 5.97 Å². The molecule has 0 aromatic heterocycles. The molecule has 1 aliphatic heterocycles. The van der Waals surface area contributed by atoms with Gasteiger partial charge in [0.05, 0.1) is 23.5 Å². The van der Waals surface area contributed by atoms with Crippen LogP contribution in [0.2, 0.25) is 0 Å². The van der Waals surface area contributed by atoms with E-state index in [9.17, 15) is 24.8 Å². The molecule has 6 rings (SSSR count). The SMILES string of the molecule is C[C@]12CC(O)C3C(C1CC[C@@]21CCC(=O)O1)[C@H]1CC2(C#N)C(C(=O)CC[C@]32C)C1=O. The van der Waals surface area contributed by atoms with Gasteiger partial charge in [-0.1, -0.05) is 13.8 Å². The minimum absolute atomic E-state index is 0.0488. The molecule has 0 aromatic rings. The molecular formula is C24H29NO5. The number of carbonyl (C=O) groups is 3. The largest absolute Gasteiger partial charge is 0.458 e. The van der Waals surface area contributed by atoms with Crippen LogP contribution in [0.1, 0.15) is 65.2 Å². The highest BCUT2D eigenvalue weighted by Gasteiger charge is 2.79.